The second-order valence-electron chi connectivity index (χ2n) is 4.48. The molecule has 2 rings (SSSR count). The molecule has 1 aliphatic rings. The van der Waals surface area contributed by atoms with Crippen LogP contribution < -0.4 is 11.1 Å². The molecule has 4 nitrogen and oxygen atoms in total. The van der Waals surface area contributed by atoms with Crippen LogP contribution in [0.2, 0.25) is 5.02 Å². The van der Waals surface area contributed by atoms with Crippen LogP contribution in [-0.2, 0) is 4.79 Å². The zero-order valence-corrected chi connectivity index (χ0v) is 12.3. The number of nitrogen functional groups attached to an aromatic ring is 1. The molecule has 0 unspecified atom stereocenters. The summed E-state index contributed by atoms with van der Waals surface area (Å²) in [6.07, 6.45) is 0.493. The fourth-order valence-electron chi connectivity index (χ4n) is 1.94. The molecule has 0 aliphatic carbocycles. The van der Waals surface area contributed by atoms with Gasteiger partial charge in [0.2, 0.25) is 5.91 Å². The van der Waals surface area contributed by atoms with Gasteiger partial charge in [-0.15, -0.1) is 0 Å². The molecular formula is C13H18ClN3OS. The maximum Gasteiger partial charge on any atom is 0.225 e. The van der Waals surface area contributed by atoms with Gasteiger partial charge in [-0.05, 0) is 18.2 Å². The van der Waals surface area contributed by atoms with Crippen LogP contribution in [0.15, 0.2) is 18.2 Å². The van der Waals surface area contributed by atoms with Crippen LogP contribution in [0.5, 0.6) is 0 Å². The van der Waals surface area contributed by atoms with Gasteiger partial charge in [-0.25, -0.2) is 0 Å². The van der Waals surface area contributed by atoms with Gasteiger partial charge in [0.1, 0.15) is 0 Å². The third kappa shape index (κ3) is 4.60. The Kier molecular flexibility index (Phi) is 5.36. The van der Waals surface area contributed by atoms with Gasteiger partial charge in [-0.1, -0.05) is 11.6 Å². The van der Waals surface area contributed by atoms with E-state index in [2.05, 4.69) is 10.2 Å². The van der Waals surface area contributed by atoms with Gasteiger partial charge in [0.15, 0.2) is 0 Å². The summed E-state index contributed by atoms with van der Waals surface area (Å²) in [5.41, 5.74) is 6.92. The van der Waals surface area contributed by atoms with E-state index in [9.17, 15) is 4.79 Å². The summed E-state index contributed by atoms with van der Waals surface area (Å²) in [5.74, 6) is 2.31. The monoisotopic (exact) mass is 299 g/mol. The molecule has 0 radical (unpaired) electrons. The van der Waals surface area contributed by atoms with Crippen LogP contribution in [0.4, 0.5) is 11.4 Å². The van der Waals surface area contributed by atoms with E-state index >= 15 is 0 Å². The highest BCUT2D eigenvalue weighted by molar-refractivity contribution is 7.99. The average molecular weight is 300 g/mol. The smallest absolute Gasteiger partial charge is 0.225 e. The maximum absolute atomic E-state index is 11.9. The number of nitrogens with one attached hydrogen (secondary N) is 1. The first kappa shape index (κ1) is 14.5. The zero-order valence-electron chi connectivity index (χ0n) is 10.7. The third-order valence-corrected chi connectivity index (χ3v) is 4.22. The molecule has 6 heteroatoms. The summed E-state index contributed by atoms with van der Waals surface area (Å²) in [6, 6.07) is 5.08. The largest absolute Gasteiger partial charge is 0.397 e. The molecule has 0 aromatic heterocycles. The first-order valence-electron chi connectivity index (χ1n) is 6.30. The Morgan fingerprint density at radius 2 is 2.16 bits per heavy atom. The molecule has 1 saturated heterocycles. The lowest BCUT2D eigenvalue weighted by molar-refractivity contribution is -0.116. The Morgan fingerprint density at radius 3 is 2.84 bits per heavy atom. The fraction of sp³-hybridized carbons (Fsp3) is 0.462. The van der Waals surface area contributed by atoms with Gasteiger partial charge in [-0.2, -0.15) is 11.8 Å². The third-order valence-electron chi connectivity index (χ3n) is 3.05. The summed E-state index contributed by atoms with van der Waals surface area (Å²) in [6.45, 7) is 2.95. The predicted octanol–water partition coefficient (Wildman–Crippen LogP) is 2.30. The van der Waals surface area contributed by atoms with E-state index in [0.717, 1.165) is 31.1 Å². The zero-order chi connectivity index (χ0) is 13.7. The molecule has 1 heterocycles. The average Bonchev–Trinajstić information content (AvgIpc) is 2.41. The summed E-state index contributed by atoms with van der Waals surface area (Å²) < 4.78 is 0. The number of amides is 1. The van der Waals surface area contributed by atoms with Crippen molar-refractivity contribution in [2.24, 2.45) is 0 Å². The van der Waals surface area contributed by atoms with Gasteiger partial charge in [0.05, 0.1) is 11.4 Å². The van der Waals surface area contributed by atoms with Crippen molar-refractivity contribution in [1.29, 1.82) is 0 Å². The molecule has 0 spiro atoms. The van der Waals surface area contributed by atoms with Crippen molar-refractivity contribution in [1.82, 2.24) is 4.90 Å². The van der Waals surface area contributed by atoms with E-state index in [1.165, 1.54) is 0 Å². The van der Waals surface area contributed by atoms with Gasteiger partial charge in [0.25, 0.3) is 0 Å². The molecule has 104 valence electrons. The van der Waals surface area contributed by atoms with Crippen molar-refractivity contribution in [2.75, 3.05) is 42.2 Å². The van der Waals surface area contributed by atoms with Crippen molar-refractivity contribution in [3.8, 4) is 0 Å². The van der Waals surface area contributed by atoms with E-state index in [-0.39, 0.29) is 5.91 Å². The molecular weight excluding hydrogens is 282 g/mol. The Hall–Kier alpha value is -0.910. The summed E-state index contributed by atoms with van der Waals surface area (Å²) in [4.78, 5) is 14.2. The molecule has 1 aromatic carbocycles. The number of rotatable bonds is 4. The van der Waals surface area contributed by atoms with Gasteiger partial charge >= 0.3 is 0 Å². The first-order chi connectivity index (χ1) is 9.15. The highest BCUT2D eigenvalue weighted by Crippen LogP contribution is 2.22. The van der Waals surface area contributed by atoms with Crippen molar-refractivity contribution in [3.63, 3.8) is 0 Å². The number of nitrogens with zero attached hydrogens (tertiary/aromatic N) is 1. The number of hydrogen-bond acceptors (Lipinski definition) is 4. The van der Waals surface area contributed by atoms with Crippen LogP contribution in [0.1, 0.15) is 6.42 Å². The summed E-state index contributed by atoms with van der Waals surface area (Å²) in [5, 5.41) is 3.39. The van der Waals surface area contributed by atoms with E-state index in [0.29, 0.717) is 22.8 Å². The van der Waals surface area contributed by atoms with Crippen LogP contribution in [0.3, 0.4) is 0 Å². The molecule has 1 aromatic rings. The Labute approximate surface area is 122 Å². The molecule has 0 saturated carbocycles. The Bertz CT molecular complexity index is 450. The number of thioether (sulfide) groups is 1. The molecule has 19 heavy (non-hydrogen) atoms. The maximum atomic E-state index is 11.9. The number of nitrogens with two attached hydrogens (primary N) is 1. The Balaban J connectivity index is 1.80. The minimum atomic E-state index is -0.00718. The number of hydrogen-bond donors (Lipinski definition) is 2. The van der Waals surface area contributed by atoms with E-state index in [1.54, 1.807) is 18.2 Å². The molecule has 1 aliphatic heterocycles. The number of benzene rings is 1. The number of halogens is 1. The van der Waals surface area contributed by atoms with Gasteiger partial charge in [0, 0.05) is 42.6 Å². The second kappa shape index (κ2) is 7.03. The molecule has 1 fully saturated rings. The highest BCUT2D eigenvalue weighted by Gasteiger charge is 2.12. The van der Waals surface area contributed by atoms with Crippen LogP contribution >= 0.6 is 23.4 Å². The van der Waals surface area contributed by atoms with Gasteiger partial charge in [-0.3, -0.25) is 4.79 Å². The standard InChI is InChI=1S/C13H18ClN3OS/c14-10-1-2-12(11(15)9-10)16-13(18)3-4-17-5-7-19-8-6-17/h1-2,9H,3-8,15H2,(H,16,18). The quantitative estimate of drug-likeness (QED) is 0.838. The lowest BCUT2D eigenvalue weighted by Crippen LogP contribution is -2.35. The van der Waals surface area contributed by atoms with Gasteiger partial charge < -0.3 is 16.0 Å². The first-order valence-corrected chi connectivity index (χ1v) is 7.83. The SMILES string of the molecule is Nc1cc(Cl)ccc1NC(=O)CCN1CCSCC1. The van der Waals surface area contributed by atoms with Crippen LogP contribution in [0.25, 0.3) is 0 Å². The van der Waals surface area contributed by atoms with Crippen molar-refractivity contribution in [3.05, 3.63) is 23.2 Å². The Morgan fingerprint density at radius 1 is 1.42 bits per heavy atom. The second-order valence-corrected chi connectivity index (χ2v) is 6.14. The lowest BCUT2D eigenvalue weighted by atomic mass is 10.2. The minimum absolute atomic E-state index is 0.00718. The topological polar surface area (TPSA) is 58.4 Å². The predicted molar refractivity (Wildman–Crippen MR) is 82.9 cm³/mol. The molecule has 0 atom stereocenters. The normalized spacial score (nSPS) is 16.3. The summed E-state index contributed by atoms with van der Waals surface area (Å²) in [7, 11) is 0. The number of carbonyl (C=O) groups excluding carboxylic acids is 1. The van der Waals surface area contributed by atoms with E-state index < -0.39 is 0 Å². The molecule has 3 N–H and O–H groups in total. The van der Waals surface area contributed by atoms with Crippen molar-refractivity contribution < 1.29 is 4.79 Å². The van der Waals surface area contributed by atoms with Crippen molar-refractivity contribution in [2.45, 2.75) is 6.42 Å². The number of anilines is 2. The minimum Gasteiger partial charge on any atom is -0.397 e. The molecule has 1 amide bonds. The summed E-state index contributed by atoms with van der Waals surface area (Å²) >= 11 is 7.78. The number of carbonyl (C=O) groups is 1. The highest BCUT2D eigenvalue weighted by atomic mass is 35.5. The van der Waals surface area contributed by atoms with E-state index in [1.807, 2.05) is 11.8 Å². The van der Waals surface area contributed by atoms with Crippen molar-refractivity contribution >= 4 is 40.6 Å². The van der Waals surface area contributed by atoms with Crippen LogP contribution in [0, 0.1) is 0 Å². The lowest BCUT2D eigenvalue weighted by Gasteiger charge is -2.25. The van der Waals surface area contributed by atoms with Crippen LogP contribution in [-0.4, -0.2) is 41.9 Å². The fourth-order valence-corrected chi connectivity index (χ4v) is 3.10. The van der Waals surface area contributed by atoms with E-state index in [4.69, 9.17) is 17.3 Å². The molecule has 0 bridgehead atoms.